The van der Waals surface area contributed by atoms with E-state index in [2.05, 4.69) is 14.2 Å². The lowest BCUT2D eigenvalue weighted by Gasteiger charge is -2.08. The largest absolute Gasteiger partial charge is 0.351 e. The van der Waals surface area contributed by atoms with Crippen molar-refractivity contribution < 1.29 is 19.0 Å². The summed E-state index contributed by atoms with van der Waals surface area (Å²) in [6, 6.07) is 0. The number of hydrogen-bond acceptors (Lipinski definition) is 4. The van der Waals surface area contributed by atoms with Gasteiger partial charge in [0.15, 0.2) is 0 Å². The van der Waals surface area contributed by atoms with E-state index in [0.29, 0.717) is 0 Å². The zero-order valence-electron chi connectivity index (χ0n) is 8.23. The molecule has 5 heteroatoms. The lowest BCUT2D eigenvalue weighted by molar-refractivity contribution is -0.252. The molecule has 0 aliphatic heterocycles. The van der Waals surface area contributed by atoms with Gasteiger partial charge >= 0.3 is 0 Å². The molecule has 0 N–H and O–H groups in total. The van der Waals surface area contributed by atoms with Gasteiger partial charge in [-0.3, -0.25) is 4.79 Å². The average molecular weight is 179 g/mol. The monoisotopic (exact) mass is 179 g/mol. The Bertz CT molecular complexity index is 87.9. The topological polar surface area (TPSA) is 48.0 Å². The molecule has 0 rings (SSSR count). The molecule has 0 spiro atoms. The maximum atomic E-state index is 9.43. The van der Waals surface area contributed by atoms with Crippen molar-refractivity contribution >= 4 is 6.41 Å². The summed E-state index contributed by atoms with van der Waals surface area (Å²) in [5.74, 6) is 0. The Balaban J connectivity index is 0. The fraction of sp³-hybridized carbons (Fsp3) is 0.857. The smallest absolute Gasteiger partial charge is 0.270 e. The molecular weight excluding hydrogens is 162 g/mol. The second-order valence-electron chi connectivity index (χ2n) is 2.06. The van der Waals surface area contributed by atoms with Crippen LogP contribution in [0.4, 0.5) is 0 Å². The summed E-state index contributed by atoms with van der Waals surface area (Å²) in [7, 11) is 7.91. The molecule has 0 radical (unpaired) electrons. The summed E-state index contributed by atoms with van der Waals surface area (Å²) in [5, 5.41) is 0. The van der Waals surface area contributed by atoms with Crippen molar-refractivity contribution in [3.8, 4) is 0 Å². The molecule has 0 saturated heterocycles. The van der Waals surface area contributed by atoms with Crippen molar-refractivity contribution in [1.82, 2.24) is 4.90 Å². The highest BCUT2D eigenvalue weighted by Gasteiger charge is 1.96. The lowest BCUT2D eigenvalue weighted by atomic mass is 11.0. The van der Waals surface area contributed by atoms with Crippen molar-refractivity contribution in [2.24, 2.45) is 0 Å². The van der Waals surface area contributed by atoms with Gasteiger partial charge in [0.05, 0.1) is 0 Å². The van der Waals surface area contributed by atoms with Crippen molar-refractivity contribution in [3.63, 3.8) is 0 Å². The molecule has 0 aliphatic rings. The molecule has 0 aromatic rings. The van der Waals surface area contributed by atoms with Crippen LogP contribution in [0.1, 0.15) is 0 Å². The summed E-state index contributed by atoms with van der Waals surface area (Å²) < 4.78 is 13.8. The van der Waals surface area contributed by atoms with E-state index in [0.717, 1.165) is 6.41 Å². The average Bonchev–Trinajstić information content (AvgIpc) is 2.09. The minimum absolute atomic E-state index is 0.514. The highest BCUT2D eigenvalue weighted by atomic mass is 16.8. The molecule has 74 valence electrons. The van der Waals surface area contributed by atoms with Crippen LogP contribution in [0.3, 0.4) is 0 Å². The van der Waals surface area contributed by atoms with Crippen LogP contribution in [-0.4, -0.2) is 53.2 Å². The van der Waals surface area contributed by atoms with Crippen molar-refractivity contribution in [1.29, 1.82) is 0 Å². The van der Waals surface area contributed by atoms with Gasteiger partial charge in [0.1, 0.15) is 0 Å². The summed E-state index contributed by atoms with van der Waals surface area (Å²) in [6.07, 6.45) is 0.750. The van der Waals surface area contributed by atoms with Crippen LogP contribution in [-0.2, 0) is 19.0 Å². The standard InChI is InChI=1S/C4H10O3.C3H7NO/c1-5-4(6-2)7-3;1-4(2)3-5/h4H,1-3H3;3H,1-2H3. The first-order valence-corrected chi connectivity index (χ1v) is 3.32. The summed E-state index contributed by atoms with van der Waals surface area (Å²) >= 11 is 0. The molecule has 0 heterocycles. The second kappa shape index (κ2) is 10.3. The Morgan fingerprint density at radius 3 is 1.33 bits per heavy atom. The quantitative estimate of drug-likeness (QED) is 0.447. The van der Waals surface area contributed by atoms with Gasteiger partial charge < -0.3 is 19.1 Å². The first-order valence-electron chi connectivity index (χ1n) is 3.32. The van der Waals surface area contributed by atoms with E-state index in [1.54, 1.807) is 14.1 Å². The van der Waals surface area contributed by atoms with Crippen LogP contribution in [0.25, 0.3) is 0 Å². The summed E-state index contributed by atoms with van der Waals surface area (Å²) in [6.45, 7) is -0.514. The molecule has 0 aliphatic carbocycles. The third-order valence-corrected chi connectivity index (χ3v) is 0.788. The molecular formula is C7H17NO4. The van der Waals surface area contributed by atoms with E-state index in [4.69, 9.17) is 0 Å². The Kier molecular flexibility index (Phi) is 12.0. The molecule has 0 aromatic heterocycles. The number of carbonyl (C=O) groups is 1. The Labute approximate surface area is 73.2 Å². The van der Waals surface area contributed by atoms with Gasteiger partial charge in [0.2, 0.25) is 6.41 Å². The Hall–Kier alpha value is -0.650. The Morgan fingerprint density at radius 1 is 1.08 bits per heavy atom. The fourth-order valence-electron chi connectivity index (χ4n) is 0.289. The summed E-state index contributed by atoms with van der Waals surface area (Å²) in [5.41, 5.74) is 0. The van der Waals surface area contributed by atoms with Gasteiger partial charge in [-0.15, -0.1) is 0 Å². The number of ether oxygens (including phenoxy) is 3. The third-order valence-electron chi connectivity index (χ3n) is 0.788. The molecule has 0 bridgehead atoms. The molecule has 12 heavy (non-hydrogen) atoms. The van der Waals surface area contributed by atoms with E-state index in [9.17, 15) is 4.79 Å². The van der Waals surface area contributed by atoms with Gasteiger partial charge in [0, 0.05) is 35.4 Å². The molecule has 0 saturated carbocycles. The molecule has 0 unspecified atom stereocenters. The molecule has 1 amide bonds. The van der Waals surface area contributed by atoms with E-state index in [1.165, 1.54) is 26.2 Å². The number of amides is 1. The maximum absolute atomic E-state index is 9.43. The zero-order chi connectivity index (χ0) is 9.98. The first kappa shape index (κ1) is 13.9. The van der Waals surface area contributed by atoms with Crippen LogP contribution in [0, 0.1) is 0 Å². The minimum atomic E-state index is -0.514. The number of rotatable bonds is 4. The van der Waals surface area contributed by atoms with Crippen LogP contribution in [0.2, 0.25) is 0 Å². The number of methoxy groups -OCH3 is 3. The van der Waals surface area contributed by atoms with E-state index in [-0.39, 0.29) is 0 Å². The van der Waals surface area contributed by atoms with Crippen molar-refractivity contribution in [2.75, 3.05) is 35.4 Å². The van der Waals surface area contributed by atoms with Gasteiger partial charge in [-0.1, -0.05) is 0 Å². The van der Waals surface area contributed by atoms with Gasteiger partial charge in [0.25, 0.3) is 6.48 Å². The van der Waals surface area contributed by atoms with Crippen LogP contribution >= 0.6 is 0 Å². The van der Waals surface area contributed by atoms with Crippen LogP contribution in [0.5, 0.6) is 0 Å². The van der Waals surface area contributed by atoms with Gasteiger partial charge in [-0.25, -0.2) is 0 Å². The van der Waals surface area contributed by atoms with Crippen LogP contribution in [0.15, 0.2) is 0 Å². The molecule has 0 fully saturated rings. The van der Waals surface area contributed by atoms with E-state index in [1.807, 2.05) is 0 Å². The second-order valence-corrected chi connectivity index (χ2v) is 2.06. The minimum Gasteiger partial charge on any atom is -0.351 e. The Morgan fingerprint density at radius 2 is 1.33 bits per heavy atom. The number of carbonyl (C=O) groups excluding carboxylic acids is 1. The number of hydrogen-bond donors (Lipinski definition) is 0. The molecule has 0 atom stereocenters. The van der Waals surface area contributed by atoms with Crippen molar-refractivity contribution in [2.45, 2.75) is 6.48 Å². The molecule has 0 aromatic carbocycles. The third kappa shape index (κ3) is 12.1. The van der Waals surface area contributed by atoms with Crippen molar-refractivity contribution in [3.05, 3.63) is 0 Å². The summed E-state index contributed by atoms with van der Waals surface area (Å²) in [4.78, 5) is 10.9. The predicted molar refractivity (Wildman–Crippen MR) is 44.6 cm³/mol. The van der Waals surface area contributed by atoms with Crippen LogP contribution < -0.4 is 0 Å². The highest BCUT2D eigenvalue weighted by molar-refractivity contribution is 5.45. The molecule has 5 nitrogen and oxygen atoms in total. The normalized spacial score (nSPS) is 8.83. The lowest BCUT2D eigenvalue weighted by Crippen LogP contribution is -2.14. The van der Waals surface area contributed by atoms with E-state index < -0.39 is 6.48 Å². The van der Waals surface area contributed by atoms with E-state index >= 15 is 0 Å². The van der Waals surface area contributed by atoms with Gasteiger partial charge in [-0.05, 0) is 0 Å². The zero-order valence-corrected chi connectivity index (χ0v) is 8.23. The number of nitrogens with zero attached hydrogens (tertiary/aromatic N) is 1. The first-order chi connectivity index (χ1) is 5.62. The maximum Gasteiger partial charge on any atom is 0.270 e. The highest BCUT2D eigenvalue weighted by Crippen LogP contribution is 1.87. The predicted octanol–water partition coefficient (Wildman–Crippen LogP) is -0.0864. The van der Waals surface area contributed by atoms with Gasteiger partial charge in [-0.2, -0.15) is 0 Å². The SMILES string of the molecule is CN(C)C=O.COC(OC)OC. The fourth-order valence-corrected chi connectivity index (χ4v) is 0.289.